The predicted molar refractivity (Wildman–Crippen MR) is 34.1 cm³/mol. The van der Waals surface area contributed by atoms with Crippen molar-refractivity contribution in [2.24, 2.45) is 0 Å². The van der Waals surface area contributed by atoms with Crippen molar-refractivity contribution in [3.05, 3.63) is 23.8 Å². The molecule has 0 atom stereocenters. The molecule has 0 aromatic heterocycles. The van der Waals surface area contributed by atoms with E-state index < -0.39 is 0 Å². The first-order valence-electron chi connectivity index (χ1n) is 2.38. The minimum absolute atomic E-state index is 0.0995. The third-order valence-corrected chi connectivity index (χ3v) is 0.632. The van der Waals surface area contributed by atoms with Crippen LogP contribution in [0.5, 0.6) is 0 Å². The topological polar surface area (TPSA) is 47.6 Å². The summed E-state index contributed by atoms with van der Waals surface area (Å²) in [5.41, 5.74) is 0.815. The Morgan fingerprint density at radius 1 is 1.44 bits per heavy atom. The fourth-order valence-corrected chi connectivity index (χ4v) is 0.336. The molecule has 0 radical (unpaired) electrons. The van der Waals surface area contributed by atoms with Crippen molar-refractivity contribution in [1.82, 2.24) is 0 Å². The molecule has 0 aliphatic heterocycles. The second kappa shape index (κ2) is 3.46. The highest BCUT2D eigenvalue weighted by Gasteiger charge is 1.87. The monoisotopic (exact) mass is 118 g/mol. The summed E-state index contributed by atoms with van der Waals surface area (Å²) in [7, 11) is 0. The Balaban J connectivity index is 4.37. The predicted octanol–water partition coefficient (Wildman–Crippen LogP) is 1.54. The lowest BCUT2D eigenvalue weighted by Crippen LogP contribution is -1.71. The van der Waals surface area contributed by atoms with Crippen molar-refractivity contribution < 1.29 is 0 Å². The minimum atomic E-state index is 0.0995. The van der Waals surface area contributed by atoms with E-state index in [4.69, 9.17) is 10.5 Å². The van der Waals surface area contributed by atoms with E-state index in [1.54, 1.807) is 19.1 Å². The van der Waals surface area contributed by atoms with Gasteiger partial charge in [-0.3, -0.25) is 0 Å². The van der Waals surface area contributed by atoms with E-state index in [9.17, 15) is 0 Å². The van der Waals surface area contributed by atoms with Crippen LogP contribution in [0.1, 0.15) is 6.92 Å². The molecule has 0 saturated heterocycles. The average molecular weight is 118 g/mol. The number of hydrogen-bond acceptors (Lipinski definition) is 2. The summed E-state index contributed by atoms with van der Waals surface area (Å²) in [6, 6.07) is 3.44. The average Bonchev–Trinajstić information content (AvgIpc) is 1.82. The Kier molecular flexibility index (Phi) is 2.87. The smallest absolute Gasteiger partial charge is 0.129 e. The zero-order valence-corrected chi connectivity index (χ0v) is 5.18. The molecule has 0 aliphatic carbocycles. The Labute approximate surface area is 54.3 Å². The molecule has 0 aromatic rings. The molecule has 0 spiro atoms. The molecule has 0 unspecified atom stereocenters. The summed E-state index contributed by atoms with van der Waals surface area (Å²) < 4.78 is 0. The highest BCUT2D eigenvalue weighted by atomic mass is 14.3. The van der Waals surface area contributed by atoms with Crippen LogP contribution in [0.3, 0.4) is 0 Å². The Morgan fingerprint density at radius 2 is 1.89 bits per heavy atom. The number of nitriles is 2. The first-order chi connectivity index (χ1) is 4.20. The molecule has 0 aromatic carbocycles. The maximum atomic E-state index is 8.19. The van der Waals surface area contributed by atoms with Gasteiger partial charge in [0.1, 0.15) is 17.7 Å². The largest absolute Gasteiger partial charge is 0.192 e. The van der Waals surface area contributed by atoms with Crippen LogP contribution in [0.25, 0.3) is 0 Å². The third-order valence-electron chi connectivity index (χ3n) is 0.632. The van der Waals surface area contributed by atoms with Gasteiger partial charge in [0.25, 0.3) is 0 Å². The maximum absolute atomic E-state index is 8.19. The molecule has 9 heavy (non-hydrogen) atoms. The molecule has 44 valence electrons. The summed E-state index contributed by atoms with van der Waals surface area (Å²) in [6.07, 6.45) is 1.44. The molecule has 0 heterocycles. The number of allylic oxidation sites excluding steroid dienone is 3. The lowest BCUT2D eigenvalue weighted by molar-refractivity contribution is 1.44. The summed E-state index contributed by atoms with van der Waals surface area (Å²) in [5.74, 6) is 0. The minimum Gasteiger partial charge on any atom is -0.192 e. The van der Waals surface area contributed by atoms with Gasteiger partial charge in [-0.2, -0.15) is 10.5 Å². The van der Waals surface area contributed by atoms with Crippen molar-refractivity contribution in [3.63, 3.8) is 0 Å². The summed E-state index contributed by atoms with van der Waals surface area (Å²) >= 11 is 0. The van der Waals surface area contributed by atoms with E-state index in [2.05, 4.69) is 6.58 Å². The highest BCUT2D eigenvalue weighted by Crippen LogP contribution is 1.95. The quantitative estimate of drug-likeness (QED) is 0.387. The third kappa shape index (κ3) is 3.08. The molecule has 0 saturated carbocycles. The molecule has 0 amide bonds. The molecule has 0 fully saturated rings. The van der Waals surface area contributed by atoms with Gasteiger partial charge in [0.2, 0.25) is 0 Å². The number of rotatable bonds is 1. The van der Waals surface area contributed by atoms with E-state index in [0.29, 0.717) is 5.57 Å². The maximum Gasteiger partial charge on any atom is 0.129 e. The lowest BCUT2D eigenvalue weighted by Gasteiger charge is -1.80. The van der Waals surface area contributed by atoms with Crippen LogP contribution in [0.2, 0.25) is 0 Å². The van der Waals surface area contributed by atoms with Gasteiger partial charge in [-0.05, 0) is 13.0 Å². The number of nitrogens with zero attached hydrogens (tertiary/aromatic N) is 2. The van der Waals surface area contributed by atoms with E-state index in [1.165, 1.54) is 6.08 Å². The fraction of sp³-hybridized carbons (Fsp3) is 0.143. The van der Waals surface area contributed by atoms with Crippen molar-refractivity contribution in [2.45, 2.75) is 6.92 Å². The SMILES string of the molecule is C=C(C)C=C(C#N)C#N. The van der Waals surface area contributed by atoms with E-state index in [-0.39, 0.29) is 5.57 Å². The van der Waals surface area contributed by atoms with Crippen LogP contribution in [0, 0.1) is 22.7 Å². The second-order valence-electron chi connectivity index (χ2n) is 1.63. The van der Waals surface area contributed by atoms with Crippen LogP contribution in [0.15, 0.2) is 23.8 Å². The van der Waals surface area contributed by atoms with Crippen LogP contribution in [-0.4, -0.2) is 0 Å². The van der Waals surface area contributed by atoms with E-state index in [0.717, 1.165) is 0 Å². The van der Waals surface area contributed by atoms with Crippen LogP contribution in [0.4, 0.5) is 0 Å². The first-order valence-corrected chi connectivity index (χ1v) is 2.38. The van der Waals surface area contributed by atoms with E-state index in [1.807, 2.05) is 0 Å². The number of hydrogen-bond donors (Lipinski definition) is 0. The van der Waals surface area contributed by atoms with Gasteiger partial charge < -0.3 is 0 Å². The first kappa shape index (κ1) is 7.46. The summed E-state index contributed by atoms with van der Waals surface area (Å²) in [4.78, 5) is 0. The molecular weight excluding hydrogens is 112 g/mol. The fourth-order valence-electron chi connectivity index (χ4n) is 0.336. The zero-order chi connectivity index (χ0) is 7.28. The normalized spacial score (nSPS) is 6.56. The lowest BCUT2D eigenvalue weighted by atomic mass is 10.2. The van der Waals surface area contributed by atoms with Gasteiger partial charge in [0.15, 0.2) is 0 Å². The van der Waals surface area contributed by atoms with Crippen LogP contribution >= 0.6 is 0 Å². The molecule has 2 heteroatoms. The molecule has 2 nitrogen and oxygen atoms in total. The highest BCUT2D eigenvalue weighted by molar-refractivity contribution is 5.39. The van der Waals surface area contributed by atoms with Gasteiger partial charge in [-0.1, -0.05) is 12.2 Å². The van der Waals surface area contributed by atoms with Gasteiger partial charge in [-0.15, -0.1) is 0 Å². The van der Waals surface area contributed by atoms with Crippen molar-refractivity contribution in [2.75, 3.05) is 0 Å². The summed E-state index contributed by atoms with van der Waals surface area (Å²) in [6.45, 7) is 5.24. The Hall–Kier alpha value is -1.54. The van der Waals surface area contributed by atoms with Crippen molar-refractivity contribution >= 4 is 0 Å². The molecule has 0 aliphatic rings. The summed E-state index contributed by atoms with van der Waals surface area (Å²) in [5, 5.41) is 16.4. The Morgan fingerprint density at radius 3 is 2.00 bits per heavy atom. The molecule has 0 N–H and O–H groups in total. The van der Waals surface area contributed by atoms with Crippen LogP contribution in [-0.2, 0) is 0 Å². The van der Waals surface area contributed by atoms with Gasteiger partial charge in [0, 0.05) is 0 Å². The Bertz CT molecular complexity index is 206. The van der Waals surface area contributed by atoms with Gasteiger partial charge in [0.05, 0.1) is 0 Å². The van der Waals surface area contributed by atoms with Crippen LogP contribution < -0.4 is 0 Å². The van der Waals surface area contributed by atoms with Gasteiger partial charge >= 0.3 is 0 Å². The molecule has 0 bridgehead atoms. The second-order valence-corrected chi connectivity index (χ2v) is 1.63. The van der Waals surface area contributed by atoms with E-state index >= 15 is 0 Å². The zero-order valence-electron chi connectivity index (χ0n) is 5.18. The molecule has 0 rings (SSSR count). The molecular formula is C7H6N2. The standard InChI is InChI=1S/C7H6N2/c1-6(2)3-7(4-8)5-9/h3H,1H2,2H3. The van der Waals surface area contributed by atoms with Gasteiger partial charge in [-0.25, -0.2) is 0 Å². The van der Waals surface area contributed by atoms with Crippen molar-refractivity contribution in [1.29, 1.82) is 10.5 Å². The van der Waals surface area contributed by atoms with Crippen molar-refractivity contribution in [3.8, 4) is 12.1 Å².